The van der Waals surface area contributed by atoms with Gasteiger partial charge in [0.05, 0.1) is 5.56 Å². The van der Waals surface area contributed by atoms with Crippen LogP contribution < -0.4 is 11.1 Å². The molecule has 1 aromatic rings. The number of hydrogen-bond acceptors (Lipinski definition) is 2. The van der Waals surface area contributed by atoms with Crippen LogP contribution in [-0.4, -0.2) is 18.5 Å². The molecule has 1 fully saturated rings. The second-order valence-corrected chi connectivity index (χ2v) is 4.77. The normalized spacial score (nSPS) is 16.6. The molecule has 1 aliphatic rings. The first-order valence-corrected chi connectivity index (χ1v) is 5.94. The molecular formula is C12H14ClFN2O. The summed E-state index contributed by atoms with van der Waals surface area (Å²) in [5.74, 6) is -0.549. The van der Waals surface area contributed by atoms with Gasteiger partial charge in [0.25, 0.3) is 5.91 Å². The number of rotatable bonds is 4. The quantitative estimate of drug-likeness (QED) is 0.865. The lowest BCUT2D eigenvalue weighted by Gasteiger charge is -2.12. The summed E-state index contributed by atoms with van der Waals surface area (Å²) in [7, 11) is 0. The van der Waals surface area contributed by atoms with Crippen molar-refractivity contribution in [3.63, 3.8) is 0 Å². The molecule has 1 aromatic carbocycles. The molecule has 1 unspecified atom stereocenters. The van der Waals surface area contributed by atoms with Crippen LogP contribution in [0.4, 0.5) is 4.39 Å². The van der Waals surface area contributed by atoms with E-state index in [1.165, 1.54) is 18.2 Å². The predicted molar refractivity (Wildman–Crippen MR) is 64.4 cm³/mol. The topological polar surface area (TPSA) is 55.1 Å². The highest BCUT2D eigenvalue weighted by Gasteiger charge is 2.28. The Labute approximate surface area is 104 Å². The van der Waals surface area contributed by atoms with Crippen LogP contribution in [0.25, 0.3) is 0 Å². The van der Waals surface area contributed by atoms with Crippen molar-refractivity contribution in [3.05, 3.63) is 34.6 Å². The largest absolute Gasteiger partial charge is 0.350 e. The smallest absolute Gasteiger partial charge is 0.254 e. The molecule has 1 aliphatic carbocycles. The molecule has 92 valence electrons. The number of nitrogens with two attached hydrogens (primary N) is 1. The van der Waals surface area contributed by atoms with Crippen molar-refractivity contribution in [2.45, 2.75) is 18.9 Å². The summed E-state index contributed by atoms with van der Waals surface area (Å²) in [4.78, 5) is 11.7. The van der Waals surface area contributed by atoms with Gasteiger partial charge >= 0.3 is 0 Å². The Morgan fingerprint density at radius 2 is 2.29 bits per heavy atom. The molecule has 3 N–H and O–H groups in total. The van der Waals surface area contributed by atoms with E-state index in [-0.39, 0.29) is 11.6 Å². The van der Waals surface area contributed by atoms with E-state index in [4.69, 9.17) is 17.3 Å². The van der Waals surface area contributed by atoms with Crippen LogP contribution in [0.2, 0.25) is 5.02 Å². The molecule has 17 heavy (non-hydrogen) atoms. The number of carbonyl (C=O) groups is 1. The van der Waals surface area contributed by atoms with E-state index in [9.17, 15) is 9.18 Å². The monoisotopic (exact) mass is 256 g/mol. The zero-order chi connectivity index (χ0) is 12.4. The molecule has 0 saturated heterocycles. The molecule has 1 atom stereocenters. The van der Waals surface area contributed by atoms with E-state index >= 15 is 0 Å². The highest BCUT2D eigenvalue weighted by Crippen LogP contribution is 2.31. The summed E-state index contributed by atoms with van der Waals surface area (Å²) in [5, 5.41) is 2.96. The maximum Gasteiger partial charge on any atom is 0.254 e. The fraction of sp³-hybridized carbons (Fsp3) is 0.417. The Kier molecular flexibility index (Phi) is 3.64. The summed E-state index contributed by atoms with van der Waals surface area (Å²) >= 11 is 5.71. The lowest BCUT2D eigenvalue weighted by Crippen LogP contribution is -2.38. The molecule has 0 aliphatic heterocycles. The Hall–Kier alpha value is -1.13. The average molecular weight is 257 g/mol. The molecule has 0 bridgehead atoms. The van der Waals surface area contributed by atoms with Gasteiger partial charge in [-0.25, -0.2) is 4.39 Å². The van der Waals surface area contributed by atoms with Crippen LogP contribution >= 0.6 is 11.6 Å². The van der Waals surface area contributed by atoms with Gasteiger partial charge in [-0.15, -0.1) is 0 Å². The fourth-order valence-electron chi connectivity index (χ4n) is 1.67. The zero-order valence-corrected chi connectivity index (χ0v) is 10.0. The minimum absolute atomic E-state index is 0.0406. The maximum absolute atomic E-state index is 13.4. The van der Waals surface area contributed by atoms with Gasteiger partial charge in [-0.3, -0.25) is 4.79 Å². The lowest BCUT2D eigenvalue weighted by molar-refractivity contribution is 0.0946. The first-order valence-electron chi connectivity index (χ1n) is 5.57. The third-order valence-electron chi connectivity index (χ3n) is 2.90. The SMILES string of the molecule is NC(CNC(=O)c1cc(Cl)ccc1F)C1CC1. The number of carbonyl (C=O) groups excluding carboxylic acids is 1. The highest BCUT2D eigenvalue weighted by molar-refractivity contribution is 6.30. The Bertz CT molecular complexity index is 435. The third kappa shape index (κ3) is 3.17. The third-order valence-corrected chi connectivity index (χ3v) is 3.13. The van der Waals surface area contributed by atoms with Crippen LogP contribution in [-0.2, 0) is 0 Å². The Morgan fingerprint density at radius 3 is 2.94 bits per heavy atom. The molecule has 1 saturated carbocycles. The summed E-state index contributed by atoms with van der Waals surface area (Å²) in [6, 6.07) is 3.86. The van der Waals surface area contributed by atoms with Gasteiger partial charge in [-0.05, 0) is 37.0 Å². The molecule has 3 nitrogen and oxygen atoms in total. The van der Waals surface area contributed by atoms with Crippen molar-refractivity contribution in [2.24, 2.45) is 11.7 Å². The van der Waals surface area contributed by atoms with Gasteiger partial charge in [-0.2, -0.15) is 0 Å². The van der Waals surface area contributed by atoms with Gasteiger partial charge in [0, 0.05) is 17.6 Å². The van der Waals surface area contributed by atoms with Crippen LogP contribution in [0.5, 0.6) is 0 Å². The lowest BCUT2D eigenvalue weighted by atomic mass is 10.1. The Morgan fingerprint density at radius 1 is 1.59 bits per heavy atom. The number of nitrogens with one attached hydrogen (secondary N) is 1. The molecule has 0 aromatic heterocycles. The van der Waals surface area contributed by atoms with Crippen molar-refractivity contribution in [2.75, 3.05) is 6.54 Å². The second-order valence-electron chi connectivity index (χ2n) is 4.34. The number of hydrogen-bond donors (Lipinski definition) is 2. The first kappa shape index (κ1) is 12.3. The summed E-state index contributed by atoms with van der Waals surface area (Å²) in [6.07, 6.45) is 2.23. The zero-order valence-electron chi connectivity index (χ0n) is 9.25. The van der Waals surface area contributed by atoms with Gasteiger partial charge in [0.1, 0.15) is 5.82 Å². The molecule has 0 heterocycles. The first-order chi connectivity index (χ1) is 8.08. The number of amides is 1. The minimum atomic E-state index is -0.577. The molecule has 5 heteroatoms. The van der Waals surface area contributed by atoms with E-state index in [0.717, 1.165) is 12.8 Å². The molecule has 0 radical (unpaired) electrons. The molecule has 0 spiro atoms. The number of halogens is 2. The van der Waals surface area contributed by atoms with Crippen LogP contribution in [0.3, 0.4) is 0 Å². The van der Waals surface area contributed by atoms with Gasteiger partial charge in [-0.1, -0.05) is 11.6 Å². The molecule has 1 amide bonds. The standard InChI is InChI=1S/C12H14ClFN2O/c13-8-3-4-10(14)9(5-8)12(17)16-6-11(15)7-1-2-7/h3-5,7,11H,1-2,6,15H2,(H,16,17). The van der Waals surface area contributed by atoms with Crippen molar-refractivity contribution >= 4 is 17.5 Å². The summed E-state index contributed by atoms with van der Waals surface area (Å²) in [5.41, 5.74) is 5.80. The van der Waals surface area contributed by atoms with Crippen molar-refractivity contribution in [1.82, 2.24) is 5.32 Å². The molecule has 2 rings (SSSR count). The van der Waals surface area contributed by atoms with Crippen molar-refractivity contribution in [3.8, 4) is 0 Å². The van der Waals surface area contributed by atoms with Gasteiger partial charge in [0.2, 0.25) is 0 Å². The van der Waals surface area contributed by atoms with Crippen LogP contribution in [0, 0.1) is 11.7 Å². The van der Waals surface area contributed by atoms with Crippen molar-refractivity contribution in [1.29, 1.82) is 0 Å². The summed E-state index contributed by atoms with van der Waals surface area (Å²) in [6.45, 7) is 0.370. The predicted octanol–water partition coefficient (Wildman–Crippen LogP) is 1.95. The summed E-state index contributed by atoms with van der Waals surface area (Å²) < 4.78 is 13.4. The maximum atomic E-state index is 13.4. The minimum Gasteiger partial charge on any atom is -0.350 e. The van der Waals surface area contributed by atoms with E-state index in [1.807, 2.05) is 0 Å². The van der Waals surface area contributed by atoms with Crippen molar-refractivity contribution < 1.29 is 9.18 Å². The van der Waals surface area contributed by atoms with E-state index in [2.05, 4.69) is 5.32 Å². The van der Waals surface area contributed by atoms with E-state index < -0.39 is 11.7 Å². The van der Waals surface area contributed by atoms with E-state index in [0.29, 0.717) is 17.5 Å². The second kappa shape index (κ2) is 5.02. The van der Waals surface area contributed by atoms with Gasteiger partial charge in [0.15, 0.2) is 0 Å². The fourth-order valence-corrected chi connectivity index (χ4v) is 1.84. The average Bonchev–Trinajstić information content (AvgIpc) is 3.12. The van der Waals surface area contributed by atoms with Crippen LogP contribution in [0.1, 0.15) is 23.2 Å². The highest BCUT2D eigenvalue weighted by atomic mass is 35.5. The van der Waals surface area contributed by atoms with E-state index in [1.54, 1.807) is 0 Å². The van der Waals surface area contributed by atoms with Crippen LogP contribution in [0.15, 0.2) is 18.2 Å². The van der Waals surface area contributed by atoms with Gasteiger partial charge < -0.3 is 11.1 Å². The Balaban J connectivity index is 1.96. The number of benzene rings is 1. The molecular weight excluding hydrogens is 243 g/mol.